The number of nitrogens with zero attached hydrogens (tertiary/aromatic N) is 2. The van der Waals surface area contributed by atoms with Crippen molar-refractivity contribution in [1.29, 1.82) is 0 Å². The van der Waals surface area contributed by atoms with Crippen molar-refractivity contribution < 1.29 is 14.7 Å². The summed E-state index contributed by atoms with van der Waals surface area (Å²) in [6, 6.07) is 0. The Morgan fingerprint density at radius 3 is 2.67 bits per heavy atom. The third-order valence-corrected chi connectivity index (χ3v) is 1.87. The number of aryl methyl sites for hydroxylation is 1. The van der Waals surface area contributed by atoms with Gasteiger partial charge in [-0.1, -0.05) is 0 Å². The van der Waals surface area contributed by atoms with E-state index in [0.717, 1.165) is 17.8 Å². The SMILES string of the molecule is Cc1c(NC(=O)C=CC(=O)O)cnn1C. The van der Waals surface area contributed by atoms with E-state index in [1.807, 2.05) is 0 Å². The molecule has 2 N–H and O–H groups in total. The molecular formula is C9H11N3O3. The van der Waals surface area contributed by atoms with E-state index < -0.39 is 11.9 Å². The van der Waals surface area contributed by atoms with Crippen LogP contribution >= 0.6 is 0 Å². The van der Waals surface area contributed by atoms with E-state index in [9.17, 15) is 9.59 Å². The number of hydrogen-bond donors (Lipinski definition) is 2. The van der Waals surface area contributed by atoms with E-state index in [1.165, 1.54) is 6.20 Å². The summed E-state index contributed by atoms with van der Waals surface area (Å²) in [5, 5.41) is 14.7. The monoisotopic (exact) mass is 209 g/mol. The Kier molecular flexibility index (Phi) is 3.22. The summed E-state index contributed by atoms with van der Waals surface area (Å²) in [6.45, 7) is 1.80. The molecule has 0 saturated heterocycles. The normalized spacial score (nSPS) is 10.5. The van der Waals surface area contributed by atoms with E-state index >= 15 is 0 Å². The van der Waals surface area contributed by atoms with Crippen LogP contribution in [0, 0.1) is 6.92 Å². The molecule has 6 nitrogen and oxygen atoms in total. The maximum absolute atomic E-state index is 11.2. The molecule has 1 aromatic heterocycles. The minimum Gasteiger partial charge on any atom is -0.478 e. The average Bonchev–Trinajstić information content (AvgIpc) is 2.47. The number of carboxylic acids is 1. The number of rotatable bonds is 3. The van der Waals surface area contributed by atoms with Crippen molar-refractivity contribution >= 4 is 17.6 Å². The highest BCUT2D eigenvalue weighted by atomic mass is 16.4. The number of aliphatic carboxylic acids is 1. The zero-order valence-corrected chi connectivity index (χ0v) is 8.39. The number of hydrogen-bond acceptors (Lipinski definition) is 3. The molecule has 80 valence electrons. The summed E-state index contributed by atoms with van der Waals surface area (Å²) in [7, 11) is 1.75. The second kappa shape index (κ2) is 4.41. The smallest absolute Gasteiger partial charge is 0.328 e. The maximum Gasteiger partial charge on any atom is 0.328 e. The van der Waals surface area contributed by atoms with E-state index in [-0.39, 0.29) is 0 Å². The highest BCUT2D eigenvalue weighted by Crippen LogP contribution is 2.11. The van der Waals surface area contributed by atoms with Crippen LogP contribution in [0.4, 0.5) is 5.69 Å². The molecule has 0 aliphatic carbocycles. The quantitative estimate of drug-likeness (QED) is 0.701. The van der Waals surface area contributed by atoms with Gasteiger partial charge < -0.3 is 10.4 Å². The van der Waals surface area contributed by atoms with Crippen LogP contribution in [0.1, 0.15) is 5.69 Å². The first-order valence-corrected chi connectivity index (χ1v) is 4.21. The first-order chi connectivity index (χ1) is 7.00. The lowest BCUT2D eigenvalue weighted by Gasteiger charge is -2.00. The molecule has 0 atom stereocenters. The molecule has 15 heavy (non-hydrogen) atoms. The summed E-state index contributed by atoms with van der Waals surface area (Å²) in [6.07, 6.45) is 3.23. The molecule has 0 fully saturated rings. The molecule has 1 rings (SSSR count). The highest BCUT2D eigenvalue weighted by Gasteiger charge is 2.05. The number of carbonyl (C=O) groups excluding carboxylic acids is 1. The van der Waals surface area contributed by atoms with Gasteiger partial charge in [-0.05, 0) is 6.92 Å². The fourth-order valence-corrected chi connectivity index (χ4v) is 0.943. The van der Waals surface area contributed by atoms with E-state index in [2.05, 4.69) is 10.4 Å². The zero-order chi connectivity index (χ0) is 11.4. The molecule has 1 heterocycles. The Labute approximate surface area is 86.2 Å². The predicted octanol–water partition coefficient (Wildman–Crippen LogP) is 0.308. The topological polar surface area (TPSA) is 84.2 Å². The van der Waals surface area contributed by atoms with E-state index in [1.54, 1.807) is 18.7 Å². The Hall–Kier alpha value is -2.11. The molecule has 1 aromatic rings. The lowest BCUT2D eigenvalue weighted by Crippen LogP contribution is -2.09. The predicted molar refractivity (Wildman–Crippen MR) is 53.4 cm³/mol. The number of anilines is 1. The van der Waals surface area contributed by atoms with Gasteiger partial charge in [-0.15, -0.1) is 0 Å². The molecule has 0 bridgehead atoms. The standard InChI is InChI=1S/C9H11N3O3/c1-6-7(5-10-12(6)2)11-8(13)3-4-9(14)15/h3-5H,1-2H3,(H,11,13)(H,14,15). The van der Waals surface area contributed by atoms with Gasteiger partial charge in [0, 0.05) is 19.2 Å². The molecule has 0 aromatic carbocycles. The summed E-state index contributed by atoms with van der Waals surface area (Å²) in [5.74, 6) is -1.65. The van der Waals surface area contributed by atoms with Crippen molar-refractivity contribution in [2.45, 2.75) is 6.92 Å². The fourth-order valence-electron chi connectivity index (χ4n) is 0.943. The molecule has 0 saturated carbocycles. The van der Waals surface area contributed by atoms with Gasteiger partial charge in [0.1, 0.15) is 0 Å². The largest absolute Gasteiger partial charge is 0.478 e. The summed E-state index contributed by atoms with van der Waals surface area (Å²) in [4.78, 5) is 21.3. The molecule has 0 aliphatic heterocycles. The lowest BCUT2D eigenvalue weighted by atomic mass is 10.4. The maximum atomic E-state index is 11.2. The first kappa shape index (κ1) is 11.0. The second-order valence-corrected chi connectivity index (χ2v) is 2.93. The second-order valence-electron chi connectivity index (χ2n) is 2.93. The molecule has 0 radical (unpaired) electrons. The van der Waals surface area contributed by atoms with Gasteiger partial charge in [0.25, 0.3) is 0 Å². The lowest BCUT2D eigenvalue weighted by molar-refractivity contribution is -0.131. The third-order valence-electron chi connectivity index (χ3n) is 1.87. The fraction of sp³-hybridized carbons (Fsp3) is 0.222. The minimum absolute atomic E-state index is 0.492. The highest BCUT2D eigenvalue weighted by molar-refractivity contribution is 6.02. The van der Waals surface area contributed by atoms with Crippen LogP contribution in [0.2, 0.25) is 0 Å². The van der Waals surface area contributed by atoms with Gasteiger partial charge in [-0.2, -0.15) is 5.10 Å². The number of carboxylic acid groups (broad SMARTS) is 1. The first-order valence-electron chi connectivity index (χ1n) is 4.21. The Balaban J connectivity index is 2.67. The molecule has 1 amide bonds. The number of carbonyl (C=O) groups is 2. The molecule has 0 aliphatic rings. The van der Waals surface area contributed by atoms with E-state index in [4.69, 9.17) is 5.11 Å². The van der Waals surface area contributed by atoms with Gasteiger partial charge in [-0.25, -0.2) is 4.79 Å². The van der Waals surface area contributed by atoms with Gasteiger partial charge in [-0.3, -0.25) is 9.48 Å². The number of aromatic nitrogens is 2. The van der Waals surface area contributed by atoms with Gasteiger partial charge >= 0.3 is 5.97 Å². The molecule has 0 unspecified atom stereocenters. The van der Waals surface area contributed by atoms with Gasteiger partial charge in [0.05, 0.1) is 17.6 Å². The van der Waals surface area contributed by atoms with Crippen LogP contribution in [-0.2, 0) is 16.6 Å². The van der Waals surface area contributed by atoms with Crippen molar-refractivity contribution in [2.75, 3.05) is 5.32 Å². The summed E-state index contributed by atoms with van der Waals surface area (Å²) in [5.41, 5.74) is 1.37. The van der Waals surface area contributed by atoms with Crippen LogP contribution in [0.3, 0.4) is 0 Å². The van der Waals surface area contributed by atoms with Crippen molar-refractivity contribution in [2.24, 2.45) is 7.05 Å². The average molecular weight is 209 g/mol. The van der Waals surface area contributed by atoms with Crippen LogP contribution in [0.25, 0.3) is 0 Å². The Morgan fingerprint density at radius 2 is 2.20 bits per heavy atom. The molecule has 0 spiro atoms. The van der Waals surface area contributed by atoms with Crippen molar-refractivity contribution in [3.63, 3.8) is 0 Å². The number of amides is 1. The van der Waals surface area contributed by atoms with Gasteiger partial charge in [0.15, 0.2) is 0 Å². The Morgan fingerprint density at radius 1 is 1.53 bits per heavy atom. The van der Waals surface area contributed by atoms with Crippen molar-refractivity contribution in [3.05, 3.63) is 24.0 Å². The molecule has 6 heteroatoms. The summed E-state index contributed by atoms with van der Waals surface area (Å²) < 4.78 is 1.61. The van der Waals surface area contributed by atoms with Crippen molar-refractivity contribution in [3.8, 4) is 0 Å². The third kappa shape index (κ3) is 2.94. The van der Waals surface area contributed by atoms with Crippen LogP contribution in [-0.4, -0.2) is 26.8 Å². The van der Waals surface area contributed by atoms with Crippen LogP contribution in [0.15, 0.2) is 18.3 Å². The van der Waals surface area contributed by atoms with Crippen molar-refractivity contribution in [1.82, 2.24) is 9.78 Å². The van der Waals surface area contributed by atoms with Crippen LogP contribution in [0.5, 0.6) is 0 Å². The van der Waals surface area contributed by atoms with Crippen LogP contribution < -0.4 is 5.32 Å². The molecular weight excluding hydrogens is 198 g/mol. The van der Waals surface area contributed by atoms with E-state index in [0.29, 0.717) is 5.69 Å². The summed E-state index contributed by atoms with van der Waals surface area (Å²) >= 11 is 0. The zero-order valence-electron chi connectivity index (χ0n) is 8.39. The minimum atomic E-state index is -1.16. The number of nitrogens with one attached hydrogen (secondary N) is 1. The Bertz CT molecular complexity index is 420. The van der Waals surface area contributed by atoms with Gasteiger partial charge in [0.2, 0.25) is 5.91 Å².